The summed E-state index contributed by atoms with van der Waals surface area (Å²) < 4.78 is 18.8. The zero-order chi connectivity index (χ0) is 13.5. The summed E-state index contributed by atoms with van der Waals surface area (Å²) in [6.07, 6.45) is 0.202. The van der Waals surface area contributed by atoms with Crippen LogP contribution < -0.4 is 10.5 Å². The van der Waals surface area contributed by atoms with E-state index in [1.807, 2.05) is 0 Å². The van der Waals surface area contributed by atoms with Crippen LogP contribution in [0.25, 0.3) is 0 Å². The van der Waals surface area contributed by atoms with Crippen LogP contribution in [0.1, 0.15) is 19.8 Å². The van der Waals surface area contributed by atoms with E-state index in [9.17, 15) is 9.18 Å². The average Bonchev–Trinajstić information content (AvgIpc) is 2.30. The molecule has 0 heterocycles. The van der Waals surface area contributed by atoms with E-state index in [4.69, 9.17) is 15.6 Å². The third-order valence-corrected chi connectivity index (χ3v) is 2.63. The molecule has 5 heteroatoms. The Bertz CT molecular complexity index is 398. The highest BCUT2D eigenvalue weighted by Crippen LogP contribution is 2.20. The number of halogens is 1. The lowest BCUT2D eigenvalue weighted by Gasteiger charge is -2.19. The zero-order valence-corrected chi connectivity index (χ0v) is 10.3. The van der Waals surface area contributed by atoms with Crippen molar-refractivity contribution in [1.82, 2.24) is 0 Å². The second-order valence-electron chi connectivity index (χ2n) is 4.29. The van der Waals surface area contributed by atoms with Gasteiger partial charge in [0.1, 0.15) is 0 Å². The molecule has 0 saturated carbocycles. The lowest BCUT2D eigenvalue weighted by Crippen LogP contribution is -2.25. The van der Waals surface area contributed by atoms with Crippen LogP contribution in [0.5, 0.6) is 5.75 Å². The van der Waals surface area contributed by atoms with E-state index in [-0.39, 0.29) is 30.7 Å². The summed E-state index contributed by atoms with van der Waals surface area (Å²) in [5, 5.41) is 8.71. The van der Waals surface area contributed by atoms with Crippen molar-refractivity contribution in [2.75, 3.05) is 6.54 Å². The molecule has 18 heavy (non-hydrogen) atoms. The molecule has 0 aromatic heterocycles. The average molecular weight is 255 g/mol. The SMILES string of the molecule is C[C@@H](C[C@H](CN)CC(=O)O)Oc1ccccc1F. The first-order valence-corrected chi connectivity index (χ1v) is 5.86. The molecule has 0 fully saturated rings. The standard InChI is InChI=1S/C13H18FNO3/c1-9(6-10(8-15)7-13(16)17)18-12-5-3-2-4-11(12)14/h2-5,9-10H,6-8,15H2,1H3,(H,16,17)/t9-,10-/m0/s1. The third kappa shape index (κ3) is 4.71. The van der Waals surface area contributed by atoms with Crippen LogP contribution in [0.15, 0.2) is 24.3 Å². The van der Waals surface area contributed by atoms with E-state index in [2.05, 4.69) is 0 Å². The number of carbonyl (C=O) groups is 1. The van der Waals surface area contributed by atoms with Gasteiger partial charge in [-0.05, 0) is 37.9 Å². The Balaban J connectivity index is 2.52. The molecule has 2 atom stereocenters. The largest absolute Gasteiger partial charge is 0.488 e. The van der Waals surface area contributed by atoms with Crippen molar-refractivity contribution in [3.8, 4) is 5.75 Å². The maximum atomic E-state index is 13.3. The molecular formula is C13H18FNO3. The minimum absolute atomic E-state index is 0.00146. The highest BCUT2D eigenvalue weighted by Gasteiger charge is 2.17. The first-order chi connectivity index (χ1) is 8.52. The van der Waals surface area contributed by atoms with Crippen LogP contribution in [0, 0.1) is 11.7 Å². The van der Waals surface area contributed by atoms with Gasteiger partial charge in [0.15, 0.2) is 11.6 Å². The van der Waals surface area contributed by atoms with Crippen molar-refractivity contribution >= 4 is 5.97 Å². The molecule has 0 aliphatic rings. The number of benzene rings is 1. The van der Waals surface area contributed by atoms with E-state index in [0.717, 1.165) is 0 Å². The summed E-state index contributed by atoms with van der Waals surface area (Å²) in [5.74, 6) is -1.30. The zero-order valence-electron chi connectivity index (χ0n) is 10.3. The predicted molar refractivity (Wildman–Crippen MR) is 65.9 cm³/mol. The number of ether oxygens (including phenoxy) is 1. The molecule has 0 spiro atoms. The number of hydrogen-bond donors (Lipinski definition) is 2. The van der Waals surface area contributed by atoms with E-state index >= 15 is 0 Å². The van der Waals surface area contributed by atoms with E-state index in [0.29, 0.717) is 6.42 Å². The summed E-state index contributed by atoms with van der Waals surface area (Å²) in [4.78, 5) is 10.6. The smallest absolute Gasteiger partial charge is 0.303 e. The van der Waals surface area contributed by atoms with Crippen molar-refractivity contribution in [3.05, 3.63) is 30.1 Å². The van der Waals surface area contributed by atoms with Crippen LogP contribution in [0.4, 0.5) is 4.39 Å². The lowest BCUT2D eigenvalue weighted by atomic mass is 9.99. The van der Waals surface area contributed by atoms with Crippen molar-refractivity contribution in [2.45, 2.75) is 25.9 Å². The molecule has 1 aromatic rings. The fourth-order valence-corrected chi connectivity index (χ4v) is 1.78. The normalized spacial score (nSPS) is 13.9. The highest BCUT2D eigenvalue weighted by atomic mass is 19.1. The Morgan fingerprint density at radius 3 is 2.72 bits per heavy atom. The van der Waals surface area contributed by atoms with Crippen LogP contribution >= 0.6 is 0 Å². The molecular weight excluding hydrogens is 237 g/mol. The number of carboxylic acids is 1. The number of nitrogens with two attached hydrogens (primary N) is 1. The number of para-hydroxylation sites is 1. The molecule has 0 unspecified atom stereocenters. The number of carboxylic acid groups (broad SMARTS) is 1. The van der Waals surface area contributed by atoms with Crippen molar-refractivity contribution in [1.29, 1.82) is 0 Å². The maximum Gasteiger partial charge on any atom is 0.303 e. The fraction of sp³-hybridized carbons (Fsp3) is 0.462. The Morgan fingerprint density at radius 1 is 1.50 bits per heavy atom. The molecule has 3 N–H and O–H groups in total. The molecule has 1 rings (SSSR count). The Labute approximate surface area is 106 Å². The summed E-state index contributed by atoms with van der Waals surface area (Å²) in [6.45, 7) is 2.05. The number of aliphatic carboxylic acids is 1. The van der Waals surface area contributed by atoms with Gasteiger partial charge in [-0.25, -0.2) is 4.39 Å². The van der Waals surface area contributed by atoms with E-state index < -0.39 is 11.8 Å². The van der Waals surface area contributed by atoms with Crippen LogP contribution in [-0.2, 0) is 4.79 Å². The summed E-state index contributed by atoms with van der Waals surface area (Å²) in [5.41, 5.74) is 5.50. The van der Waals surface area contributed by atoms with Gasteiger partial charge in [0.05, 0.1) is 6.10 Å². The molecule has 0 radical (unpaired) electrons. The molecule has 0 saturated heterocycles. The number of rotatable bonds is 7. The minimum atomic E-state index is -0.886. The maximum absolute atomic E-state index is 13.3. The second kappa shape index (κ2) is 6.96. The first kappa shape index (κ1) is 14.4. The minimum Gasteiger partial charge on any atom is -0.488 e. The Hall–Kier alpha value is -1.62. The van der Waals surface area contributed by atoms with Crippen molar-refractivity contribution in [2.24, 2.45) is 11.7 Å². The monoisotopic (exact) mass is 255 g/mol. The lowest BCUT2D eigenvalue weighted by molar-refractivity contribution is -0.138. The third-order valence-electron chi connectivity index (χ3n) is 2.63. The Kier molecular flexibility index (Phi) is 5.58. The first-order valence-electron chi connectivity index (χ1n) is 5.86. The molecule has 4 nitrogen and oxygen atoms in total. The summed E-state index contributed by atoms with van der Waals surface area (Å²) >= 11 is 0. The highest BCUT2D eigenvalue weighted by molar-refractivity contribution is 5.67. The van der Waals surface area contributed by atoms with Gasteiger partial charge >= 0.3 is 5.97 Å². The number of hydrogen-bond acceptors (Lipinski definition) is 3. The quantitative estimate of drug-likeness (QED) is 0.782. The predicted octanol–water partition coefficient (Wildman–Crippen LogP) is 2.03. The van der Waals surface area contributed by atoms with Crippen LogP contribution in [0.3, 0.4) is 0 Å². The van der Waals surface area contributed by atoms with E-state index in [1.165, 1.54) is 6.07 Å². The van der Waals surface area contributed by atoms with Crippen LogP contribution in [0.2, 0.25) is 0 Å². The Morgan fingerprint density at radius 2 is 2.17 bits per heavy atom. The fourth-order valence-electron chi connectivity index (χ4n) is 1.78. The van der Waals surface area contributed by atoms with Gasteiger partial charge in [-0.3, -0.25) is 4.79 Å². The summed E-state index contributed by atoms with van der Waals surface area (Å²) in [7, 11) is 0. The van der Waals surface area contributed by atoms with Gasteiger partial charge in [-0.1, -0.05) is 12.1 Å². The molecule has 0 bridgehead atoms. The van der Waals surface area contributed by atoms with Crippen molar-refractivity contribution in [3.63, 3.8) is 0 Å². The van der Waals surface area contributed by atoms with Gasteiger partial charge in [0.25, 0.3) is 0 Å². The molecule has 0 aliphatic heterocycles. The molecule has 1 aromatic carbocycles. The molecule has 0 aliphatic carbocycles. The molecule has 100 valence electrons. The summed E-state index contributed by atoms with van der Waals surface area (Å²) in [6, 6.07) is 6.13. The van der Waals surface area contributed by atoms with Gasteiger partial charge < -0.3 is 15.6 Å². The van der Waals surface area contributed by atoms with Gasteiger partial charge in [0, 0.05) is 6.42 Å². The van der Waals surface area contributed by atoms with E-state index in [1.54, 1.807) is 25.1 Å². The van der Waals surface area contributed by atoms with Gasteiger partial charge in [0.2, 0.25) is 0 Å². The second-order valence-corrected chi connectivity index (χ2v) is 4.29. The van der Waals surface area contributed by atoms with Gasteiger partial charge in [-0.15, -0.1) is 0 Å². The molecule has 0 amide bonds. The topological polar surface area (TPSA) is 72.6 Å². The van der Waals surface area contributed by atoms with Crippen molar-refractivity contribution < 1.29 is 19.0 Å². The van der Waals surface area contributed by atoms with Gasteiger partial charge in [-0.2, -0.15) is 0 Å². The van der Waals surface area contributed by atoms with Crippen LogP contribution in [-0.4, -0.2) is 23.7 Å².